The molecule has 0 fully saturated rings. The summed E-state index contributed by atoms with van der Waals surface area (Å²) in [6.45, 7) is 10.9. The van der Waals surface area contributed by atoms with Crippen LogP contribution < -0.4 is 10.6 Å². The maximum absolute atomic E-state index is 13.8. The quantitative estimate of drug-likeness (QED) is 0.497. The van der Waals surface area contributed by atoms with Gasteiger partial charge in [0.1, 0.15) is 0 Å². The van der Waals surface area contributed by atoms with Gasteiger partial charge in [0, 0.05) is 22.2 Å². The van der Waals surface area contributed by atoms with E-state index in [9.17, 15) is 4.79 Å². The minimum atomic E-state index is -0.390. The molecule has 0 radical (unpaired) electrons. The van der Waals surface area contributed by atoms with Crippen LogP contribution in [-0.2, 0) is 5.41 Å². The van der Waals surface area contributed by atoms with Gasteiger partial charge in [-0.05, 0) is 67.1 Å². The Labute approximate surface area is 185 Å². The number of rotatable bonds is 3. The van der Waals surface area contributed by atoms with Crippen LogP contribution >= 0.6 is 0 Å². The highest BCUT2D eigenvalue weighted by Crippen LogP contribution is 2.51. The minimum Gasteiger partial charge on any atom is -0.399 e. The number of nitrogens with two attached hydrogens (primary N) is 1. The normalized spacial score (nSPS) is 19.9. The Balaban J connectivity index is 1.86. The third-order valence-corrected chi connectivity index (χ3v) is 6.69. The zero-order valence-corrected chi connectivity index (χ0v) is 19.1. The van der Waals surface area contributed by atoms with E-state index in [2.05, 4.69) is 77.1 Å². The monoisotopic (exact) mass is 412 g/mol. The Morgan fingerprint density at radius 3 is 2.19 bits per heavy atom. The molecule has 1 atom stereocenters. The van der Waals surface area contributed by atoms with Gasteiger partial charge in [-0.15, -0.1) is 0 Å². The van der Waals surface area contributed by atoms with Crippen molar-refractivity contribution in [3.05, 3.63) is 95.1 Å². The summed E-state index contributed by atoms with van der Waals surface area (Å²) in [5, 5.41) is 0. The molecule has 2 N–H and O–H groups in total. The Morgan fingerprint density at radius 2 is 1.58 bits per heavy atom. The molecule has 160 valence electrons. The molecule has 0 aromatic heterocycles. The molecule has 0 bridgehead atoms. The molecular weight excluding hydrogens is 380 g/mol. The molecule has 1 heterocycles. The van der Waals surface area contributed by atoms with Crippen LogP contribution in [-0.4, -0.2) is 11.4 Å². The molecule has 3 nitrogen and oxygen atoms in total. The lowest BCUT2D eigenvalue weighted by atomic mass is 9.65. The molecule has 0 saturated carbocycles. The number of carbonyl (C=O) groups excluding carboxylic acids is 1. The Kier molecular flexibility index (Phi) is 5.17. The lowest BCUT2D eigenvalue weighted by molar-refractivity contribution is 0.0949. The fraction of sp³-hybridized carbons (Fsp3) is 0.321. The van der Waals surface area contributed by atoms with E-state index in [1.165, 1.54) is 11.1 Å². The average Bonchev–Trinajstić information content (AvgIpc) is 2.73. The summed E-state index contributed by atoms with van der Waals surface area (Å²) in [6.07, 6.45) is 0.816. The van der Waals surface area contributed by atoms with Gasteiger partial charge in [-0.3, -0.25) is 4.79 Å². The van der Waals surface area contributed by atoms with E-state index in [0.29, 0.717) is 17.2 Å². The molecule has 0 spiro atoms. The Morgan fingerprint density at radius 1 is 0.935 bits per heavy atom. The van der Waals surface area contributed by atoms with Crippen LogP contribution in [0.1, 0.15) is 74.0 Å². The lowest BCUT2D eigenvalue weighted by Crippen LogP contribution is -2.55. The van der Waals surface area contributed by atoms with E-state index >= 15 is 0 Å². The zero-order chi connectivity index (χ0) is 22.4. The summed E-state index contributed by atoms with van der Waals surface area (Å²) >= 11 is 0. The number of hydrogen-bond donors (Lipinski definition) is 1. The fourth-order valence-electron chi connectivity index (χ4n) is 5.15. The second kappa shape index (κ2) is 7.56. The second-order valence-corrected chi connectivity index (χ2v) is 9.88. The van der Waals surface area contributed by atoms with Crippen LogP contribution in [0.5, 0.6) is 0 Å². The molecule has 31 heavy (non-hydrogen) atoms. The van der Waals surface area contributed by atoms with Crippen LogP contribution in [0.25, 0.3) is 0 Å². The number of carbonyl (C=O) groups is 1. The number of amides is 1. The number of nitrogen functional groups attached to an aromatic ring is 1. The first-order valence-corrected chi connectivity index (χ1v) is 11.0. The van der Waals surface area contributed by atoms with Crippen molar-refractivity contribution in [2.75, 3.05) is 10.6 Å². The number of hydrogen-bond acceptors (Lipinski definition) is 2. The lowest BCUT2D eigenvalue weighted by Gasteiger charge is -2.51. The molecular formula is C28H32N2O. The first-order chi connectivity index (χ1) is 14.6. The van der Waals surface area contributed by atoms with E-state index < -0.39 is 0 Å². The van der Waals surface area contributed by atoms with Crippen LogP contribution in [0.2, 0.25) is 0 Å². The van der Waals surface area contributed by atoms with Crippen LogP contribution in [0.15, 0.2) is 72.8 Å². The van der Waals surface area contributed by atoms with Crippen molar-refractivity contribution in [2.24, 2.45) is 0 Å². The van der Waals surface area contributed by atoms with E-state index in [1.807, 2.05) is 35.2 Å². The van der Waals surface area contributed by atoms with E-state index in [1.54, 1.807) is 0 Å². The van der Waals surface area contributed by atoms with Crippen molar-refractivity contribution in [1.29, 1.82) is 0 Å². The maximum Gasteiger partial charge on any atom is 0.258 e. The standard InChI is InChI=1S/C28H32N2O/c1-19(2)20-11-13-21(14-12-20)26(31)30-25-17-23(29)15-16-24(25)28(5,18-27(30,3)4)22-9-7-6-8-10-22/h6-17,19H,18,29H2,1-5H3/t28-/m0/s1. The van der Waals surface area contributed by atoms with Gasteiger partial charge < -0.3 is 10.6 Å². The molecule has 0 unspecified atom stereocenters. The first-order valence-electron chi connectivity index (χ1n) is 11.0. The zero-order valence-electron chi connectivity index (χ0n) is 19.1. The summed E-state index contributed by atoms with van der Waals surface area (Å²) in [5.74, 6) is 0.449. The Hall–Kier alpha value is -3.07. The molecule has 1 aliphatic heterocycles. The third kappa shape index (κ3) is 3.63. The molecule has 1 aliphatic rings. The first kappa shape index (κ1) is 21.2. The van der Waals surface area contributed by atoms with Crippen molar-refractivity contribution in [2.45, 2.75) is 57.9 Å². The largest absolute Gasteiger partial charge is 0.399 e. The second-order valence-electron chi connectivity index (χ2n) is 9.88. The summed E-state index contributed by atoms with van der Waals surface area (Å²) in [6, 6.07) is 24.6. The molecule has 0 saturated heterocycles. The van der Waals surface area contributed by atoms with E-state index in [-0.39, 0.29) is 16.9 Å². The summed E-state index contributed by atoms with van der Waals surface area (Å²) in [7, 11) is 0. The molecule has 3 heteroatoms. The van der Waals surface area contributed by atoms with Crippen molar-refractivity contribution in [3.8, 4) is 0 Å². The van der Waals surface area contributed by atoms with Gasteiger partial charge in [0.2, 0.25) is 0 Å². The highest BCUT2D eigenvalue weighted by molar-refractivity contribution is 6.08. The number of benzene rings is 3. The van der Waals surface area contributed by atoms with Crippen molar-refractivity contribution < 1.29 is 4.79 Å². The molecule has 0 aliphatic carbocycles. The van der Waals surface area contributed by atoms with Crippen molar-refractivity contribution >= 4 is 17.3 Å². The third-order valence-electron chi connectivity index (χ3n) is 6.69. The van der Waals surface area contributed by atoms with Gasteiger partial charge in [-0.25, -0.2) is 0 Å². The summed E-state index contributed by atoms with van der Waals surface area (Å²) in [4.78, 5) is 15.8. The fourth-order valence-corrected chi connectivity index (χ4v) is 5.15. The van der Waals surface area contributed by atoms with Crippen molar-refractivity contribution in [1.82, 2.24) is 0 Å². The summed E-state index contributed by atoms with van der Waals surface area (Å²) in [5.41, 5.74) is 11.5. The van der Waals surface area contributed by atoms with Gasteiger partial charge in [0.15, 0.2) is 0 Å². The smallest absolute Gasteiger partial charge is 0.258 e. The maximum atomic E-state index is 13.8. The van der Waals surface area contributed by atoms with Gasteiger partial charge in [-0.2, -0.15) is 0 Å². The van der Waals surface area contributed by atoms with Crippen LogP contribution in [0.3, 0.4) is 0 Å². The number of nitrogens with zero attached hydrogens (tertiary/aromatic N) is 1. The Bertz CT molecular complexity index is 1100. The molecule has 3 aromatic rings. The number of fused-ring (bicyclic) bond motifs is 1. The van der Waals surface area contributed by atoms with Gasteiger partial charge in [0.05, 0.1) is 5.69 Å². The van der Waals surface area contributed by atoms with E-state index in [0.717, 1.165) is 17.7 Å². The molecule has 1 amide bonds. The molecule has 4 rings (SSSR count). The SMILES string of the molecule is CC(C)c1ccc(C(=O)N2c3cc(N)ccc3[C@](C)(c3ccccc3)CC2(C)C)cc1. The van der Waals surface area contributed by atoms with Crippen LogP contribution in [0.4, 0.5) is 11.4 Å². The minimum absolute atomic E-state index is 0.0160. The van der Waals surface area contributed by atoms with Crippen LogP contribution in [0, 0.1) is 0 Å². The topological polar surface area (TPSA) is 46.3 Å². The van der Waals surface area contributed by atoms with Gasteiger partial charge in [0.25, 0.3) is 5.91 Å². The van der Waals surface area contributed by atoms with E-state index in [4.69, 9.17) is 5.73 Å². The summed E-state index contributed by atoms with van der Waals surface area (Å²) < 4.78 is 0. The highest BCUT2D eigenvalue weighted by atomic mass is 16.2. The van der Waals surface area contributed by atoms with Gasteiger partial charge >= 0.3 is 0 Å². The number of anilines is 2. The van der Waals surface area contributed by atoms with Gasteiger partial charge in [-0.1, -0.05) is 69.3 Å². The van der Waals surface area contributed by atoms with Crippen molar-refractivity contribution in [3.63, 3.8) is 0 Å². The highest BCUT2D eigenvalue weighted by Gasteiger charge is 2.47. The molecule has 3 aromatic carbocycles. The predicted octanol–water partition coefficient (Wildman–Crippen LogP) is 6.53. The predicted molar refractivity (Wildman–Crippen MR) is 130 cm³/mol. The average molecular weight is 413 g/mol.